The van der Waals surface area contributed by atoms with Crippen LogP contribution in [0.1, 0.15) is 20.9 Å². The van der Waals surface area contributed by atoms with Gasteiger partial charge in [0.15, 0.2) is 5.13 Å². The van der Waals surface area contributed by atoms with E-state index in [1.54, 1.807) is 13.0 Å². The van der Waals surface area contributed by atoms with Crippen LogP contribution in [0, 0.1) is 12.7 Å². The second kappa shape index (κ2) is 4.86. The smallest absolute Gasteiger partial charge is 0.350 e. The molecule has 0 aliphatic carbocycles. The molecule has 0 saturated carbocycles. The number of methoxy groups -OCH3 is 1. The predicted molar refractivity (Wildman–Crippen MR) is 75.3 cm³/mol. The van der Waals surface area contributed by atoms with E-state index in [2.05, 4.69) is 4.98 Å². The number of hydrogen-bond acceptors (Lipinski definition) is 5. The number of rotatable bonds is 2. The number of aromatic nitrogens is 1. The van der Waals surface area contributed by atoms with Crippen LogP contribution in [0.3, 0.4) is 0 Å². The average Bonchev–Trinajstić information content (AvgIpc) is 3.01. The molecule has 104 valence electrons. The molecule has 0 saturated heterocycles. The number of nitrogens with zero attached hydrogens (tertiary/aromatic N) is 2. The van der Waals surface area contributed by atoms with Gasteiger partial charge >= 0.3 is 5.97 Å². The van der Waals surface area contributed by atoms with E-state index in [9.17, 15) is 9.18 Å². The van der Waals surface area contributed by atoms with Gasteiger partial charge in [-0.2, -0.15) is 0 Å². The van der Waals surface area contributed by atoms with Crippen LogP contribution in [0.25, 0.3) is 0 Å². The minimum atomic E-state index is -0.384. The lowest BCUT2D eigenvalue weighted by Crippen LogP contribution is -2.12. The van der Waals surface area contributed by atoms with Crippen LogP contribution in [0.15, 0.2) is 18.2 Å². The molecular formula is C14H13FN2O2S. The number of fused-ring (bicyclic) bond motifs is 1. The maximum atomic E-state index is 13.4. The Bertz CT molecular complexity index is 684. The highest BCUT2D eigenvalue weighted by atomic mass is 32.1. The van der Waals surface area contributed by atoms with Crippen molar-refractivity contribution in [2.45, 2.75) is 13.3 Å². The number of hydrogen-bond donors (Lipinski definition) is 0. The molecule has 0 amide bonds. The Morgan fingerprint density at radius 1 is 1.50 bits per heavy atom. The molecule has 0 bridgehead atoms. The summed E-state index contributed by atoms with van der Waals surface area (Å²) in [4.78, 5) is 18.5. The van der Waals surface area contributed by atoms with Crippen molar-refractivity contribution in [3.8, 4) is 0 Å². The fourth-order valence-corrected chi connectivity index (χ4v) is 3.36. The average molecular weight is 292 g/mol. The molecule has 1 aliphatic rings. The van der Waals surface area contributed by atoms with Crippen LogP contribution in [0.2, 0.25) is 0 Å². The first-order valence-electron chi connectivity index (χ1n) is 6.22. The zero-order valence-electron chi connectivity index (χ0n) is 11.1. The fourth-order valence-electron chi connectivity index (χ4n) is 2.33. The third-order valence-electron chi connectivity index (χ3n) is 3.33. The van der Waals surface area contributed by atoms with Crippen molar-refractivity contribution in [1.29, 1.82) is 0 Å². The van der Waals surface area contributed by atoms with E-state index < -0.39 is 0 Å². The monoisotopic (exact) mass is 292 g/mol. The van der Waals surface area contributed by atoms with Crippen LogP contribution in [0.4, 0.5) is 15.2 Å². The van der Waals surface area contributed by atoms with Crippen molar-refractivity contribution < 1.29 is 13.9 Å². The summed E-state index contributed by atoms with van der Waals surface area (Å²) in [5.74, 6) is -0.651. The summed E-state index contributed by atoms with van der Waals surface area (Å²) >= 11 is 1.28. The number of carbonyl (C=O) groups is 1. The Balaban J connectivity index is 2.00. The molecule has 1 aliphatic heterocycles. The number of anilines is 2. The SMILES string of the molecule is COC(=O)c1sc(N2CCc3ccc(F)cc32)nc1C. The van der Waals surface area contributed by atoms with Crippen molar-refractivity contribution >= 4 is 28.1 Å². The highest BCUT2D eigenvalue weighted by Gasteiger charge is 2.25. The number of carbonyl (C=O) groups excluding carboxylic acids is 1. The quantitative estimate of drug-likeness (QED) is 0.798. The largest absolute Gasteiger partial charge is 0.465 e. The van der Waals surface area contributed by atoms with Crippen molar-refractivity contribution in [1.82, 2.24) is 4.98 Å². The van der Waals surface area contributed by atoms with E-state index >= 15 is 0 Å². The highest BCUT2D eigenvalue weighted by Crippen LogP contribution is 2.38. The van der Waals surface area contributed by atoms with Gasteiger partial charge in [-0.25, -0.2) is 14.2 Å². The first kappa shape index (κ1) is 13.1. The van der Waals surface area contributed by atoms with Gasteiger partial charge in [-0.1, -0.05) is 17.4 Å². The summed E-state index contributed by atoms with van der Waals surface area (Å²) in [5, 5.41) is 0.701. The third-order valence-corrected chi connectivity index (χ3v) is 4.49. The van der Waals surface area contributed by atoms with Crippen molar-refractivity contribution in [3.63, 3.8) is 0 Å². The Morgan fingerprint density at radius 3 is 3.05 bits per heavy atom. The second-order valence-electron chi connectivity index (χ2n) is 4.58. The van der Waals surface area contributed by atoms with Crippen LogP contribution in [-0.2, 0) is 11.2 Å². The molecule has 0 radical (unpaired) electrons. The van der Waals surface area contributed by atoms with Gasteiger partial charge in [-0.3, -0.25) is 0 Å². The topological polar surface area (TPSA) is 42.4 Å². The van der Waals surface area contributed by atoms with Gasteiger partial charge < -0.3 is 9.64 Å². The summed E-state index contributed by atoms with van der Waals surface area (Å²) in [6.45, 7) is 2.52. The van der Waals surface area contributed by atoms with E-state index in [0.717, 1.165) is 24.2 Å². The van der Waals surface area contributed by atoms with E-state index in [1.807, 2.05) is 4.90 Å². The van der Waals surface area contributed by atoms with Crippen molar-refractivity contribution in [2.24, 2.45) is 0 Å². The summed E-state index contributed by atoms with van der Waals surface area (Å²) < 4.78 is 18.1. The van der Waals surface area contributed by atoms with E-state index in [1.165, 1.54) is 30.6 Å². The van der Waals surface area contributed by atoms with Crippen LogP contribution in [0.5, 0.6) is 0 Å². The second-order valence-corrected chi connectivity index (χ2v) is 5.55. The van der Waals surface area contributed by atoms with Gasteiger partial charge in [0.1, 0.15) is 10.7 Å². The molecule has 1 aromatic carbocycles. The molecule has 0 fully saturated rings. The number of benzene rings is 1. The zero-order chi connectivity index (χ0) is 14.3. The molecule has 1 aromatic heterocycles. The number of halogens is 1. The van der Waals surface area contributed by atoms with Gasteiger partial charge in [-0.05, 0) is 31.0 Å². The number of aryl methyl sites for hydroxylation is 1. The molecule has 0 atom stereocenters. The van der Waals surface area contributed by atoms with Crippen LogP contribution < -0.4 is 4.90 Å². The predicted octanol–water partition coefficient (Wildman–Crippen LogP) is 3.07. The molecule has 2 heterocycles. The standard InChI is InChI=1S/C14H13FN2O2S/c1-8-12(13(18)19-2)20-14(16-8)17-6-5-9-3-4-10(15)7-11(9)17/h3-4,7H,5-6H2,1-2H3. The normalized spacial score (nSPS) is 13.4. The molecule has 2 aromatic rings. The minimum absolute atomic E-state index is 0.267. The summed E-state index contributed by atoms with van der Waals surface area (Å²) in [6.07, 6.45) is 0.849. The van der Waals surface area contributed by atoms with E-state index in [-0.39, 0.29) is 11.8 Å². The first-order chi connectivity index (χ1) is 9.60. The molecular weight excluding hydrogens is 279 g/mol. The van der Waals surface area contributed by atoms with Gasteiger partial charge in [-0.15, -0.1) is 0 Å². The Kier molecular flexibility index (Phi) is 3.17. The number of ether oxygens (including phenoxy) is 1. The van der Waals surface area contributed by atoms with Crippen LogP contribution in [-0.4, -0.2) is 24.6 Å². The Labute approximate surface area is 119 Å². The van der Waals surface area contributed by atoms with Gasteiger partial charge in [0, 0.05) is 12.2 Å². The highest BCUT2D eigenvalue weighted by molar-refractivity contribution is 7.17. The number of esters is 1. The van der Waals surface area contributed by atoms with Crippen LogP contribution >= 0.6 is 11.3 Å². The molecule has 4 nitrogen and oxygen atoms in total. The Morgan fingerprint density at radius 2 is 2.30 bits per heavy atom. The molecule has 6 heteroatoms. The van der Waals surface area contributed by atoms with E-state index in [0.29, 0.717) is 15.7 Å². The van der Waals surface area contributed by atoms with Gasteiger partial charge in [0.05, 0.1) is 12.8 Å². The fraction of sp³-hybridized carbons (Fsp3) is 0.286. The maximum Gasteiger partial charge on any atom is 0.350 e. The summed E-state index contributed by atoms with van der Waals surface area (Å²) in [5.41, 5.74) is 2.57. The first-order valence-corrected chi connectivity index (χ1v) is 7.03. The lowest BCUT2D eigenvalue weighted by Gasteiger charge is -2.15. The summed E-state index contributed by atoms with van der Waals surface area (Å²) in [7, 11) is 1.35. The molecule has 0 N–H and O–H groups in total. The minimum Gasteiger partial charge on any atom is -0.465 e. The number of thiazole rings is 1. The van der Waals surface area contributed by atoms with Crippen molar-refractivity contribution in [2.75, 3.05) is 18.6 Å². The lowest BCUT2D eigenvalue weighted by atomic mass is 10.2. The molecule has 3 rings (SSSR count). The van der Waals surface area contributed by atoms with Gasteiger partial charge in [0.2, 0.25) is 0 Å². The molecule has 0 spiro atoms. The van der Waals surface area contributed by atoms with Gasteiger partial charge in [0.25, 0.3) is 0 Å². The van der Waals surface area contributed by atoms with Crippen molar-refractivity contribution in [3.05, 3.63) is 40.2 Å². The third kappa shape index (κ3) is 2.06. The maximum absolute atomic E-state index is 13.4. The molecule has 0 unspecified atom stereocenters. The lowest BCUT2D eigenvalue weighted by molar-refractivity contribution is 0.0605. The summed E-state index contributed by atoms with van der Waals surface area (Å²) in [6, 6.07) is 4.78. The van der Waals surface area contributed by atoms with E-state index in [4.69, 9.17) is 4.74 Å². The zero-order valence-corrected chi connectivity index (χ0v) is 12.0. The Hall–Kier alpha value is -1.95. The molecule has 20 heavy (non-hydrogen) atoms.